The van der Waals surface area contributed by atoms with Crippen LogP contribution in [0.15, 0.2) is 46.8 Å². The summed E-state index contributed by atoms with van der Waals surface area (Å²) < 4.78 is 22.4. The van der Waals surface area contributed by atoms with Crippen LogP contribution in [-0.4, -0.2) is 46.5 Å². The molecule has 128 valence electrons. The number of nitrogens with two attached hydrogens (primary N) is 1. The summed E-state index contributed by atoms with van der Waals surface area (Å²) in [7, 11) is 0.128. The fourth-order valence-electron chi connectivity index (χ4n) is 2.13. The van der Waals surface area contributed by atoms with E-state index in [0.717, 1.165) is 37.3 Å². The summed E-state index contributed by atoms with van der Waals surface area (Å²) in [5.41, 5.74) is 1.04. The van der Waals surface area contributed by atoms with E-state index >= 15 is 0 Å². The number of hydrogen-bond acceptors (Lipinski definition) is 3. The molecule has 0 amide bonds. The lowest BCUT2D eigenvalue weighted by atomic mass is 10.1. The first kappa shape index (κ1) is 19.2. The van der Waals surface area contributed by atoms with Gasteiger partial charge in [-0.2, -0.15) is 0 Å². The molecule has 7 heteroatoms. The minimum atomic E-state index is -3.63. The summed E-state index contributed by atoms with van der Waals surface area (Å²) >= 11 is 0. The number of allylic oxidation sites excluding steroid dienone is 1. The quantitative estimate of drug-likeness (QED) is 0.324. The monoisotopic (exact) mass is 338 g/mol. The summed E-state index contributed by atoms with van der Waals surface area (Å²) in [4.78, 5) is 6.46. The molecule has 0 radical (unpaired) electrons. The Hall–Kier alpha value is -1.86. The number of nitrogens with zero attached hydrogens (tertiary/aromatic N) is 2. The van der Waals surface area contributed by atoms with Crippen LogP contribution in [0.5, 0.6) is 0 Å². The summed E-state index contributed by atoms with van der Waals surface area (Å²) in [6.45, 7) is 5.34. The van der Waals surface area contributed by atoms with Gasteiger partial charge >= 0.3 is 0 Å². The van der Waals surface area contributed by atoms with E-state index in [-0.39, 0.29) is 4.90 Å². The van der Waals surface area contributed by atoms with E-state index in [1.807, 2.05) is 13.1 Å². The summed E-state index contributed by atoms with van der Waals surface area (Å²) in [5, 5.41) is 8.38. The van der Waals surface area contributed by atoms with Gasteiger partial charge in [-0.15, -0.1) is 6.58 Å². The van der Waals surface area contributed by atoms with E-state index in [2.05, 4.69) is 21.8 Å². The first-order chi connectivity index (χ1) is 10.9. The number of unbranched alkanes of at least 4 members (excludes halogenated alkanes) is 1. The summed E-state index contributed by atoms with van der Waals surface area (Å²) in [6.07, 6.45) is 4.70. The topological polar surface area (TPSA) is 87.8 Å². The number of benzene rings is 1. The molecule has 0 aliphatic rings. The van der Waals surface area contributed by atoms with Gasteiger partial charge < -0.3 is 10.2 Å². The molecule has 1 aromatic rings. The van der Waals surface area contributed by atoms with E-state index in [1.165, 1.54) is 12.1 Å². The van der Waals surface area contributed by atoms with Crippen molar-refractivity contribution < 1.29 is 8.42 Å². The molecule has 1 rings (SSSR count). The Bertz CT molecular complexity index is 624. The maximum absolute atomic E-state index is 11.2. The molecule has 0 atom stereocenters. The maximum atomic E-state index is 11.2. The van der Waals surface area contributed by atoms with Gasteiger partial charge in [0.2, 0.25) is 10.0 Å². The van der Waals surface area contributed by atoms with Crippen LogP contribution >= 0.6 is 0 Å². The van der Waals surface area contributed by atoms with Gasteiger partial charge in [-0.25, -0.2) is 13.6 Å². The zero-order chi connectivity index (χ0) is 17.3. The Balaban J connectivity index is 2.47. The first-order valence-electron chi connectivity index (χ1n) is 7.53. The van der Waals surface area contributed by atoms with Crippen LogP contribution in [0.2, 0.25) is 0 Å². The van der Waals surface area contributed by atoms with Crippen LogP contribution < -0.4 is 10.5 Å². The standard InChI is InChI=1S/C16H26N4O2S/c1-4-5-6-13-20(3)16(18-2)19-12-11-14-7-9-15(10-8-14)23(17,21)22/h4,7-10H,1,5-6,11-13H2,2-3H3,(H,18,19)(H2,17,21,22). The lowest BCUT2D eigenvalue weighted by molar-refractivity contribution is 0.470. The highest BCUT2D eigenvalue weighted by atomic mass is 32.2. The average Bonchev–Trinajstić information content (AvgIpc) is 2.51. The van der Waals surface area contributed by atoms with Gasteiger partial charge in [-0.1, -0.05) is 18.2 Å². The Labute approximate surface area is 139 Å². The molecule has 0 saturated carbocycles. The van der Waals surface area contributed by atoms with Crippen molar-refractivity contribution in [1.29, 1.82) is 0 Å². The van der Waals surface area contributed by atoms with Gasteiger partial charge in [0.15, 0.2) is 5.96 Å². The number of rotatable bonds is 8. The van der Waals surface area contributed by atoms with Gasteiger partial charge in [0.05, 0.1) is 4.90 Å². The Kier molecular flexibility index (Phi) is 7.77. The van der Waals surface area contributed by atoms with E-state index in [4.69, 9.17) is 5.14 Å². The van der Waals surface area contributed by atoms with E-state index in [0.29, 0.717) is 6.54 Å². The largest absolute Gasteiger partial charge is 0.356 e. The number of primary sulfonamides is 1. The zero-order valence-electron chi connectivity index (χ0n) is 13.8. The third-order valence-corrected chi connectivity index (χ3v) is 4.35. The Morgan fingerprint density at radius 1 is 1.39 bits per heavy atom. The number of guanidine groups is 1. The minimum Gasteiger partial charge on any atom is -0.356 e. The van der Waals surface area contributed by atoms with Crippen molar-refractivity contribution in [3.05, 3.63) is 42.5 Å². The van der Waals surface area contributed by atoms with Crippen LogP contribution in [0.4, 0.5) is 0 Å². The van der Waals surface area contributed by atoms with Gasteiger partial charge in [0.1, 0.15) is 0 Å². The number of aliphatic imine (C=N–C) groups is 1. The molecule has 3 N–H and O–H groups in total. The smallest absolute Gasteiger partial charge is 0.238 e. The molecule has 0 aromatic heterocycles. The van der Waals surface area contributed by atoms with Crippen molar-refractivity contribution >= 4 is 16.0 Å². The second kappa shape index (κ2) is 9.32. The minimum absolute atomic E-state index is 0.131. The summed E-state index contributed by atoms with van der Waals surface area (Å²) in [6, 6.07) is 6.61. The highest BCUT2D eigenvalue weighted by Gasteiger charge is 2.07. The van der Waals surface area contributed by atoms with Crippen LogP contribution in [0.25, 0.3) is 0 Å². The molecule has 0 fully saturated rings. The third-order valence-electron chi connectivity index (χ3n) is 3.42. The second-order valence-electron chi connectivity index (χ2n) is 5.27. The molecule has 0 heterocycles. The first-order valence-corrected chi connectivity index (χ1v) is 9.07. The zero-order valence-corrected chi connectivity index (χ0v) is 14.6. The Morgan fingerprint density at radius 3 is 2.57 bits per heavy atom. The fourth-order valence-corrected chi connectivity index (χ4v) is 2.64. The lowest BCUT2D eigenvalue weighted by Gasteiger charge is -2.21. The molecule has 0 unspecified atom stereocenters. The molecule has 6 nitrogen and oxygen atoms in total. The highest BCUT2D eigenvalue weighted by molar-refractivity contribution is 7.89. The molecule has 0 spiro atoms. The number of hydrogen-bond donors (Lipinski definition) is 2. The fraction of sp³-hybridized carbons (Fsp3) is 0.438. The summed E-state index contributed by atoms with van der Waals surface area (Å²) in [5.74, 6) is 0.843. The van der Waals surface area contributed by atoms with Crippen LogP contribution in [0, 0.1) is 0 Å². The molecule has 0 aliphatic heterocycles. The Morgan fingerprint density at radius 2 is 2.04 bits per heavy atom. The average molecular weight is 338 g/mol. The third kappa shape index (κ3) is 6.83. The van der Waals surface area contributed by atoms with Gasteiger partial charge in [-0.05, 0) is 37.0 Å². The van der Waals surface area contributed by atoms with Crippen LogP contribution in [0.3, 0.4) is 0 Å². The maximum Gasteiger partial charge on any atom is 0.238 e. The van der Waals surface area contributed by atoms with E-state index in [9.17, 15) is 8.42 Å². The van der Waals surface area contributed by atoms with Crippen molar-refractivity contribution in [3.8, 4) is 0 Å². The SMILES string of the molecule is C=CCCCN(C)C(=NC)NCCc1ccc(S(N)(=O)=O)cc1. The molecule has 1 aromatic carbocycles. The molecular weight excluding hydrogens is 312 g/mol. The van der Waals surface area contributed by atoms with E-state index < -0.39 is 10.0 Å². The predicted octanol–water partition coefficient (Wildman–Crippen LogP) is 1.35. The van der Waals surface area contributed by atoms with Gasteiger partial charge in [0, 0.05) is 27.2 Å². The molecule has 0 bridgehead atoms. The predicted molar refractivity (Wildman–Crippen MR) is 94.9 cm³/mol. The van der Waals surface area contributed by atoms with Crippen LogP contribution in [-0.2, 0) is 16.4 Å². The van der Waals surface area contributed by atoms with Crippen molar-refractivity contribution in [1.82, 2.24) is 10.2 Å². The van der Waals surface area contributed by atoms with Gasteiger partial charge in [-0.3, -0.25) is 4.99 Å². The van der Waals surface area contributed by atoms with Crippen molar-refractivity contribution in [2.45, 2.75) is 24.2 Å². The lowest BCUT2D eigenvalue weighted by Crippen LogP contribution is -2.40. The van der Waals surface area contributed by atoms with Gasteiger partial charge in [0.25, 0.3) is 0 Å². The van der Waals surface area contributed by atoms with Crippen molar-refractivity contribution in [2.75, 3.05) is 27.2 Å². The van der Waals surface area contributed by atoms with E-state index in [1.54, 1.807) is 19.2 Å². The number of nitrogens with one attached hydrogen (secondary N) is 1. The molecular formula is C16H26N4O2S. The molecule has 0 saturated heterocycles. The second-order valence-corrected chi connectivity index (χ2v) is 6.83. The molecule has 23 heavy (non-hydrogen) atoms. The van der Waals surface area contributed by atoms with Crippen molar-refractivity contribution in [2.24, 2.45) is 10.1 Å². The van der Waals surface area contributed by atoms with Crippen molar-refractivity contribution in [3.63, 3.8) is 0 Å². The number of sulfonamides is 1. The van der Waals surface area contributed by atoms with Crippen LogP contribution in [0.1, 0.15) is 18.4 Å². The normalized spacial score (nSPS) is 12.0. The highest BCUT2D eigenvalue weighted by Crippen LogP contribution is 2.08. The molecule has 0 aliphatic carbocycles.